The third-order valence-corrected chi connectivity index (χ3v) is 5.36. The van der Waals surface area contributed by atoms with E-state index in [1.165, 1.54) is 5.69 Å². The van der Waals surface area contributed by atoms with Gasteiger partial charge in [0.05, 0.1) is 13.7 Å². The van der Waals surface area contributed by atoms with Gasteiger partial charge in [-0.3, -0.25) is 4.90 Å². The predicted molar refractivity (Wildman–Crippen MR) is 111 cm³/mol. The number of nitrogens with zero attached hydrogens (tertiary/aromatic N) is 3. The number of nitrogens with two attached hydrogens (primary N) is 1. The quantitative estimate of drug-likeness (QED) is 0.856. The molecule has 2 aliphatic heterocycles. The molecule has 2 N–H and O–H groups in total. The smallest absolute Gasteiger partial charge is 0.414 e. The van der Waals surface area contributed by atoms with E-state index in [9.17, 15) is 4.79 Å². The van der Waals surface area contributed by atoms with E-state index >= 15 is 0 Å². The van der Waals surface area contributed by atoms with Gasteiger partial charge in [0, 0.05) is 55.9 Å². The van der Waals surface area contributed by atoms with E-state index in [4.69, 9.17) is 15.2 Å². The summed E-state index contributed by atoms with van der Waals surface area (Å²) in [5, 5.41) is 0. The van der Waals surface area contributed by atoms with Gasteiger partial charge < -0.3 is 25.0 Å². The van der Waals surface area contributed by atoms with Crippen molar-refractivity contribution >= 4 is 23.2 Å². The Morgan fingerprint density at radius 3 is 2.25 bits per heavy atom. The van der Waals surface area contributed by atoms with Crippen LogP contribution >= 0.6 is 0 Å². The van der Waals surface area contributed by atoms with Gasteiger partial charge in [-0.2, -0.15) is 0 Å². The number of benzene rings is 2. The minimum Gasteiger partial charge on any atom is -0.497 e. The first-order chi connectivity index (χ1) is 13.7. The Bertz CT molecular complexity index is 819. The Balaban J connectivity index is 1.38. The first kappa shape index (κ1) is 18.4. The van der Waals surface area contributed by atoms with Crippen molar-refractivity contribution in [1.29, 1.82) is 0 Å². The first-order valence-electron chi connectivity index (χ1n) is 9.60. The summed E-state index contributed by atoms with van der Waals surface area (Å²) in [6.07, 6.45) is -0.549. The topological polar surface area (TPSA) is 71.3 Å². The largest absolute Gasteiger partial charge is 0.497 e. The maximum absolute atomic E-state index is 12.0. The van der Waals surface area contributed by atoms with Crippen molar-refractivity contribution < 1.29 is 14.3 Å². The van der Waals surface area contributed by atoms with Gasteiger partial charge in [-0.1, -0.05) is 6.07 Å². The van der Waals surface area contributed by atoms with E-state index in [-0.39, 0.29) is 12.2 Å². The van der Waals surface area contributed by atoms with Crippen LogP contribution in [0.2, 0.25) is 0 Å². The van der Waals surface area contributed by atoms with Crippen LogP contribution in [0.5, 0.6) is 5.75 Å². The SMILES string of the molecule is COc1cccc(N2CCN(c3ccc(N4C[C@H](CN)OC4=O)cc3)CC2)c1. The molecule has 7 heteroatoms. The molecule has 0 unspecified atom stereocenters. The molecule has 2 saturated heterocycles. The zero-order valence-corrected chi connectivity index (χ0v) is 16.1. The fraction of sp³-hybridized carbons (Fsp3) is 0.381. The van der Waals surface area contributed by atoms with Gasteiger partial charge in [-0.25, -0.2) is 4.79 Å². The number of cyclic esters (lactones) is 1. The fourth-order valence-corrected chi connectivity index (χ4v) is 3.73. The molecule has 2 aromatic rings. The highest BCUT2D eigenvalue weighted by molar-refractivity contribution is 5.90. The Morgan fingerprint density at radius 1 is 1.00 bits per heavy atom. The van der Waals surface area contributed by atoms with E-state index in [0.717, 1.165) is 43.3 Å². The van der Waals surface area contributed by atoms with Crippen LogP contribution < -0.4 is 25.2 Å². The zero-order valence-electron chi connectivity index (χ0n) is 16.1. The monoisotopic (exact) mass is 382 g/mol. The van der Waals surface area contributed by atoms with Crippen LogP contribution in [0, 0.1) is 0 Å². The van der Waals surface area contributed by atoms with Crippen molar-refractivity contribution in [2.45, 2.75) is 6.10 Å². The van der Waals surface area contributed by atoms with Crippen molar-refractivity contribution in [3.8, 4) is 5.75 Å². The number of amides is 1. The van der Waals surface area contributed by atoms with Crippen molar-refractivity contribution in [2.75, 3.05) is 61.1 Å². The average Bonchev–Trinajstić information content (AvgIpc) is 3.15. The van der Waals surface area contributed by atoms with Gasteiger partial charge >= 0.3 is 6.09 Å². The van der Waals surface area contributed by atoms with Crippen LogP contribution in [0.1, 0.15) is 0 Å². The maximum Gasteiger partial charge on any atom is 0.414 e. The van der Waals surface area contributed by atoms with Crippen LogP contribution in [-0.2, 0) is 4.74 Å². The van der Waals surface area contributed by atoms with Crippen molar-refractivity contribution in [2.24, 2.45) is 5.73 Å². The van der Waals surface area contributed by atoms with Gasteiger partial charge in [0.1, 0.15) is 11.9 Å². The number of piperazine rings is 1. The molecule has 2 fully saturated rings. The molecule has 0 radical (unpaired) electrons. The molecule has 2 heterocycles. The average molecular weight is 382 g/mol. The van der Waals surface area contributed by atoms with Crippen LogP contribution in [0.25, 0.3) is 0 Å². The lowest BCUT2D eigenvalue weighted by Gasteiger charge is -2.37. The van der Waals surface area contributed by atoms with Crippen LogP contribution in [0.15, 0.2) is 48.5 Å². The van der Waals surface area contributed by atoms with Crippen molar-refractivity contribution in [3.05, 3.63) is 48.5 Å². The molecule has 7 nitrogen and oxygen atoms in total. The van der Waals surface area contributed by atoms with Gasteiger partial charge in [-0.05, 0) is 36.4 Å². The molecule has 2 aliphatic rings. The minimum absolute atomic E-state index is 0.225. The van der Waals surface area contributed by atoms with E-state index in [2.05, 4.69) is 34.1 Å². The lowest BCUT2D eigenvalue weighted by Crippen LogP contribution is -2.46. The molecule has 0 aromatic heterocycles. The highest BCUT2D eigenvalue weighted by Gasteiger charge is 2.31. The molecule has 1 amide bonds. The van der Waals surface area contributed by atoms with Gasteiger partial charge in [0.15, 0.2) is 0 Å². The second kappa shape index (κ2) is 7.98. The molecule has 1 atom stereocenters. The standard InChI is InChI=1S/C21H26N4O3/c1-27-19-4-2-3-18(13-19)24-11-9-23(10-12-24)16-5-7-17(8-6-16)25-15-20(14-22)28-21(25)26/h2-8,13,20H,9-12,14-15,22H2,1H3/t20-/m0/s1. The Kier molecular flexibility index (Phi) is 5.25. The second-order valence-electron chi connectivity index (χ2n) is 7.04. The molecular weight excluding hydrogens is 356 g/mol. The van der Waals surface area contributed by atoms with Gasteiger partial charge in [0.25, 0.3) is 0 Å². The highest BCUT2D eigenvalue weighted by Crippen LogP contribution is 2.27. The van der Waals surface area contributed by atoms with Crippen LogP contribution in [0.3, 0.4) is 0 Å². The Hall–Kier alpha value is -2.93. The van der Waals surface area contributed by atoms with Crippen LogP contribution in [-0.4, -0.2) is 58.6 Å². The summed E-state index contributed by atoms with van der Waals surface area (Å²) in [7, 11) is 1.69. The number of ether oxygens (including phenoxy) is 2. The Labute approximate surface area is 165 Å². The molecule has 4 rings (SSSR count). The third kappa shape index (κ3) is 3.71. The van der Waals surface area contributed by atoms with E-state index in [1.54, 1.807) is 12.0 Å². The number of hydrogen-bond acceptors (Lipinski definition) is 6. The van der Waals surface area contributed by atoms with Crippen molar-refractivity contribution in [1.82, 2.24) is 0 Å². The summed E-state index contributed by atoms with van der Waals surface area (Å²) >= 11 is 0. The van der Waals surface area contributed by atoms with E-state index < -0.39 is 0 Å². The van der Waals surface area contributed by atoms with Gasteiger partial charge in [0.2, 0.25) is 0 Å². The van der Waals surface area contributed by atoms with E-state index in [0.29, 0.717) is 13.1 Å². The number of anilines is 3. The summed E-state index contributed by atoms with van der Waals surface area (Å²) < 4.78 is 10.6. The summed E-state index contributed by atoms with van der Waals surface area (Å²) in [6, 6.07) is 16.3. The van der Waals surface area contributed by atoms with Crippen LogP contribution in [0.4, 0.5) is 21.9 Å². The molecule has 28 heavy (non-hydrogen) atoms. The van der Waals surface area contributed by atoms with Crippen molar-refractivity contribution in [3.63, 3.8) is 0 Å². The van der Waals surface area contributed by atoms with E-state index in [1.807, 2.05) is 24.3 Å². The molecular formula is C21H26N4O3. The number of methoxy groups -OCH3 is 1. The molecule has 2 aromatic carbocycles. The van der Waals surface area contributed by atoms with Gasteiger partial charge in [-0.15, -0.1) is 0 Å². The zero-order chi connectivity index (χ0) is 19.5. The summed E-state index contributed by atoms with van der Waals surface area (Å²) in [5.74, 6) is 0.882. The summed E-state index contributed by atoms with van der Waals surface area (Å²) in [4.78, 5) is 18.4. The third-order valence-electron chi connectivity index (χ3n) is 5.36. The summed E-state index contributed by atoms with van der Waals surface area (Å²) in [6.45, 7) is 4.64. The fourth-order valence-electron chi connectivity index (χ4n) is 3.73. The second-order valence-corrected chi connectivity index (χ2v) is 7.04. The summed E-state index contributed by atoms with van der Waals surface area (Å²) in [5.41, 5.74) is 8.81. The number of carbonyl (C=O) groups is 1. The Morgan fingerprint density at radius 2 is 1.64 bits per heavy atom. The first-order valence-corrected chi connectivity index (χ1v) is 9.60. The molecule has 0 saturated carbocycles. The normalized spacial score (nSPS) is 19.7. The highest BCUT2D eigenvalue weighted by atomic mass is 16.6. The minimum atomic E-state index is -0.324. The lowest BCUT2D eigenvalue weighted by atomic mass is 10.2. The lowest BCUT2D eigenvalue weighted by molar-refractivity contribution is 0.145. The number of rotatable bonds is 5. The maximum atomic E-state index is 12.0. The molecule has 0 bridgehead atoms. The predicted octanol–water partition coefficient (Wildman–Crippen LogP) is 2.31. The number of hydrogen-bond donors (Lipinski definition) is 1. The molecule has 0 spiro atoms. The number of carbonyl (C=O) groups excluding carboxylic acids is 1. The molecule has 148 valence electrons. The molecule has 0 aliphatic carbocycles.